The molecule has 3 nitrogen and oxygen atoms in total. The first-order valence-electron chi connectivity index (χ1n) is 5.74. The van der Waals surface area contributed by atoms with Crippen LogP contribution >= 0.6 is 15.9 Å². The molecule has 1 aromatic heterocycles. The summed E-state index contributed by atoms with van der Waals surface area (Å²) in [5.74, 6) is 1.04. The summed E-state index contributed by atoms with van der Waals surface area (Å²) in [6.45, 7) is 2.70. The maximum absolute atomic E-state index is 5.84. The van der Waals surface area contributed by atoms with Crippen molar-refractivity contribution in [1.82, 2.24) is 9.97 Å². The van der Waals surface area contributed by atoms with Gasteiger partial charge in [-0.1, -0.05) is 31.2 Å². The minimum absolute atomic E-state index is 0.132. The first-order valence-corrected chi connectivity index (χ1v) is 6.53. The highest BCUT2D eigenvalue weighted by Crippen LogP contribution is 2.22. The quantitative estimate of drug-likeness (QED) is 0.911. The number of imidazole rings is 1. The maximum Gasteiger partial charge on any atom is 0.115 e. The van der Waals surface area contributed by atoms with Crippen molar-refractivity contribution in [3.8, 4) is 0 Å². The van der Waals surface area contributed by atoms with Crippen LogP contribution in [0.15, 0.2) is 35.1 Å². The fourth-order valence-corrected chi connectivity index (χ4v) is 2.19. The number of nitrogens with two attached hydrogens (primary N) is 1. The number of halogens is 1. The SMILES string of the molecule is CCc1ccc(C(CN)c2ncc(Br)[nH]2)cc1. The molecule has 1 aromatic carbocycles. The van der Waals surface area contributed by atoms with Gasteiger partial charge in [0, 0.05) is 6.54 Å². The second-order valence-electron chi connectivity index (χ2n) is 4.00. The number of H-pyrrole nitrogens is 1. The summed E-state index contributed by atoms with van der Waals surface area (Å²) in [5, 5.41) is 0. The fraction of sp³-hybridized carbons (Fsp3) is 0.308. The summed E-state index contributed by atoms with van der Waals surface area (Å²) >= 11 is 3.37. The number of nitrogens with zero attached hydrogens (tertiary/aromatic N) is 1. The molecule has 0 saturated heterocycles. The molecule has 0 bridgehead atoms. The molecular formula is C13H16BrN3. The van der Waals surface area contributed by atoms with Crippen molar-refractivity contribution in [2.45, 2.75) is 19.3 Å². The predicted octanol–water partition coefficient (Wildman–Crippen LogP) is 2.83. The molecule has 0 aliphatic heterocycles. The summed E-state index contributed by atoms with van der Waals surface area (Å²) in [4.78, 5) is 7.50. The van der Waals surface area contributed by atoms with E-state index in [-0.39, 0.29) is 5.92 Å². The number of benzene rings is 1. The number of aromatic nitrogens is 2. The Kier molecular flexibility index (Phi) is 3.97. The second-order valence-corrected chi connectivity index (χ2v) is 4.85. The average molecular weight is 294 g/mol. The van der Waals surface area contributed by atoms with E-state index in [0.29, 0.717) is 6.54 Å². The molecule has 0 spiro atoms. The van der Waals surface area contributed by atoms with Gasteiger partial charge in [0.05, 0.1) is 12.1 Å². The number of aryl methyl sites for hydroxylation is 1. The summed E-state index contributed by atoms with van der Waals surface area (Å²) in [6.07, 6.45) is 2.82. The molecule has 2 aromatic rings. The van der Waals surface area contributed by atoms with E-state index in [2.05, 4.69) is 57.1 Å². The Labute approximate surface area is 110 Å². The van der Waals surface area contributed by atoms with Crippen LogP contribution in [0.5, 0.6) is 0 Å². The molecule has 0 aliphatic carbocycles. The van der Waals surface area contributed by atoms with E-state index in [1.807, 2.05) is 0 Å². The Morgan fingerprint density at radius 2 is 2.06 bits per heavy atom. The first kappa shape index (κ1) is 12.3. The van der Waals surface area contributed by atoms with Crippen molar-refractivity contribution in [1.29, 1.82) is 0 Å². The molecule has 0 fully saturated rings. The third-order valence-electron chi connectivity index (χ3n) is 2.92. The van der Waals surface area contributed by atoms with Crippen LogP contribution in [0.25, 0.3) is 0 Å². The van der Waals surface area contributed by atoms with Gasteiger partial charge in [-0.25, -0.2) is 4.98 Å². The van der Waals surface area contributed by atoms with Gasteiger partial charge in [0.15, 0.2) is 0 Å². The van der Waals surface area contributed by atoms with E-state index < -0.39 is 0 Å². The molecular weight excluding hydrogens is 278 g/mol. The highest BCUT2D eigenvalue weighted by atomic mass is 79.9. The Balaban J connectivity index is 2.28. The van der Waals surface area contributed by atoms with Crippen molar-refractivity contribution in [2.24, 2.45) is 5.73 Å². The maximum atomic E-state index is 5.84. The molecule has 0 amide bonds. The van der Waals surface area contributed by atoms with Crippen LogP contribution in [0, 0.1) is 0 Å². The van der Waals surface area contributed by atoms with E-state index >= 15 is 0 Å². The largest absolute Gasteiger partial charge is 0.336 e. The van der Waals surface area contributed by atoms with Crippen molar-refractivity contribution in [2.75, 3.05) is 6.54 Å². The summed E-state index contributed by atoms with van der Waals surface area (Å²) in [7, 11) is 0. The van der Waals surface area contributed by atoms with Gasteiger partial charge >= 0.3 is 0 Å². The van der Waals surface area contributed by atoms with Gasteiger partial charge in [-0.3, -0.25) is 0 Å². The lowest BCUT2D eigenvalue weighted by Gasteiger charge is -2.13. The van der Waals surface area contributed by atoms with Crippen LogP contribution in [0.4, 0.5) is 0 Å². The molecule has 3 N–H and O–H groups in total. The van der Waals surface area contributed by atoms with Crippen LogP contribution in [-0.4, -0.2) is 16.5 Å². The summed E-state index contributed by atoms with van der Waals surface area (Å²) in [6, 6.07) is 8.56. The molecule has 0 saturated carbocycles. The van der Waals surface area contributed by atoms with Crippen LogP contribution in [0.1, 0.15) is 29.8 Å². The van der Waals surface area contributed by atoms with Crippen molar-refractivity contribution < 1.29 is 0 Å². The Morgan fingerprint density at radius 3 is 2.53 bits per heavy atom. The topological polar surface area (TPSA) is 54.7 Å². The van der Waals surface area contributed by atoms with Gasteiger partial charge in [-0.05, 0) is 33.5 Å². The number of aromatic amines is 1. The molecule has 0 radical (unpaired) electrons. The molecule has 4 heteroatoms. The zero-order valence-electron chi connectivity index (χ0n) is 9.78. The summed E-state index contributed by atoms with van der Waals surface area (Å²) < 4.78 is 0.885. The van der Waals surface area contributed by atoms with Crippen LogP contribution in [-0.2, 0) is 6.42 Å². The molecule has 90 valence electrons. The Morgan fingerprint density at radius 1 is 1.35 bits per heavy atom. The van der Waals surface area contributed by atoms with Crippen LogP contribution < -0.4 is 5.73 Å². The monoisotopic (exact) mass is 293 g/mol. The van der Waals surface area contributed by atoms with Crippen LogP contribution in [0.3, 0.4) is 0 Å². The standard InChI is InChI=1S/C13H16BrN3/c1-2-9-3-5-10(6-4-9)11(7-15)13-16-8-12(14)17-13/h3-6,8,11H,2,7,15H2,1H3,(H,16,17). The fourth-order valence-electron chi connectivity index (χ4n) is 1.88. The zero-order valence-corrected chi connectivity index (χ0v) is 11.4. The third kappa shape index (κ3) is 2.76. The first-order chi connectivity index (χ1) is 8.24. The van der Waals surface area contributed by atoms with E-state index in [1.54, 1.807) is 6.20 Å². The lowest BCUT2D eigenvalue weighted by Crippen LogP contribution is -2.15. The van der Waals surface area contributed by atoms with Crippen molar-refractivity contribution >= 4 is 15.9 Å². The lowest BCUT2D eigenvalue weighted by atomic mass is 9.97. The van der Waals surface area contributed by atoms with Gasteiger partial charge < -0.3 is 10.7 Å². The number of rotatable bonds is 4. The van der Waals surface area contributed by atoms with Gasteiger partial charge in [0.25, 0.3) is 0 Å². The number of hydrogen-bond donors (Lipinski definition) is 2. The van der Waals surface area contributed by atoms with Gasteiger partial charge in [0.2, 0.25) is 0 Å². The highest BCUT2D eigenvalue weighted by molar-refractivity contribution is 9.10. The molecule has 0 aliphatic rings. The Hall–Kier alpha value is -1.13. The smallest absolute Gasteiger partial charge is 0.115 e. The molecule has 1 heterocycles. The lowest BCUT2D eigenvalue weighted by molar-refractivity contribution is 0.763. The predicted molar refractivity (Wildman–Crippen MR) is 73.0 cm³/mol. The summed E-state index contributed by atoms with van der Waals surface area (Å²) in [5.41, 5.74) is 8.38. The van der Waals surface area contributed by atoms with Crippen molar-refractivity contribution in [3.05, 3.63) is 52.0 Å². The zero-order chi connectivity index (χ0) is 12.3. The molecule has 2 rings (SSSR count). The van der Waals surface area contributed by atoms with E-state index in [1.165, 1.54) is 11.1 Å². The average Bonchev–Trinajstić information content (AvgIpc) is 2.78. The number of nitrogens with one attached hydrogen (secondary N) is 1. The third-order valence-corrected chi connectivity index (χ3v) is 3.32. The van der Waals surface area contributed by atoms with Gasteiger partial charge in [0.1, 0.15) is 10.4 Å². The minimum atomic E-state index is 0.132. The Bertz CT molecular complexity index is 476. The normalized spacial score (nSPS) is 12.6. The van der Waals surface area contributed by atoms with Gasteiger partial charge in [-0.2, -0.15) is 0 Å². The second kappa shape index (κ2) is 5.47. The molecule has 1 unspecified atom stereocenters. The van der Waals surface area contributed by atoms with Gasteiger partial charge in [-0.15, -0.1) is 0 Å². The molecule has 17 heavy (non-hydrogen) atoms. The molecule has 1 atom stereocenters. The van der Waals surface area contributed by atoms with E-state index in [4.69, 9.17) is 5.73 Å². The number of hydrogen-bond acceptors (Lipinski definition) is 2. The van der Waals surface area contributed by atoms with E-state index in [9.17, 15) is 0 Å². The van der Waals surface area contributed by atoms with Crippen LogP contribution in [0.2, 0.25) is 0 Å². The van der Waals surface area contributed by atoms with Crippen molar-refractivity contribution in [3.63, 3.8) is 0 Å². The highest BCUT2D eigenvalue weighted by Gasteiger charge is 2.15. The van der Waals surface area contributed by atoms with E-state index in [0.717, 1.165) is 16.8 Å². The minimum Gasteiger partial charge on any atom is -0.336 e.